The summed E-state index contributed by atoms with van der Waals surface area (Å²) >= 11 is 0. The highest BCUT2D eigenvalue weighted by molar-refractivity contribution is 5.79. The van der Waals surface area contributed by atoms with Crippen molar-refractivity contribution >= 4 is 5.91 Å². The van der Waals surface area contributed by atoms with Gasteiger partial charge in [-0.1, -0.05) is 0 Å². The Morgan fingerprint density at radius 3 is 2.75 bits per heavy atom. The molecule has 1 amide bonds. The van der Waals surface area contributed by atoms with E-state index in [1.54, 1.807) is 0 Å². The summed E-state index contributed by atoms with van der Waals surface area (Å²) in [7, 11) is 0. The van der Waals surface area contributed by atoms with Crippen LogP contribution in [0.1, 0.15) is 26.2 Å². The number of nitrogens with zero attached hydrogens (tertiary/aromatic N) is 3. The molecule has 0 spiro atoms. The number of carbonyl (C=O) groups is 1. The lowest BCUT2D eigenvalue weighted by atomic mass is 10.1. The normalized spacial score (nSPS) is 28.4. The van der Waals surface area contributed by atoms with Crippen molar-refractivity contribution < 1.29 is 4.79 Å². The number of carbonyl (C=O) groups excluding carboxylic acids is 1. The zero-order valence-electron chi connectivity index (χ0n) is 9.85. The average molecular weight is 221 g/mol. The highest BCUT2D eigenvalue weighted by Crippen LogP contribution is 2.20. The summed E-state index contributed by atoms with van der Waals surface area (Å²) in [4.78, 5) is 16.0. The molecule has 2 atom stereocenters. The van der Waals surface area contributed by atoms with Gasteiger partial charge in [0.1, 0.15) is 0 Å². The van der Waals surface area contributed by atoms with Crippen molar-refractivity contribution in [2.45, 2.75) is 32.2 Å². The van der Waals surface area contributed by atoms with Crippen molar-refractivity contribution in [1.82, 2.24) is 9.80 Å². The van der Waals surface area contributed by atoms with E-state index in [9.17, 15) is 4.79 Å². The fourth-order valence-electron chi connectivity index (χ4n) is 2.68. The van der Waals surface area contributed by atoms with Crippen molar-refractivity contribution in [3.8, 4) is 6.07 Å². The van der Waals surface area contributed by atoms with Gasteiger partial charge in [-0.3, -0.25) is 4.79 Å². The summed E-state index contributed by atoms with van der Waals surface area (Å²) in [5.74, 6) is 0.0618. The fourth-order valence-corrected chi connectivity index (χ4v) is 2.68. The first kappa shape index (κ1) is 11.4. The summed E-state index contributed by atoms with van der Waals surface area (Å²) in [6.07, 6.45) is 2.98. The number of hydrogen-bond acceptors (Lipinski definition) is 3. The van der Waals surface area contributed by atoms with Crippen molar-refractivity contribution in [1.29, 1.82) is 5.26 Å². The molecule has 4 heteroatoms. The van der Waals surface area contributed by atoms with Gasteiger partial charge >= 0.3 is 0 Å². The van der Waals surface area contributed by atoms with Gasteiger partial charge in [0.2, 0.25) is 5.91 Å². The first-order valence-corrected chi connectivity index (χ1v) is 6.12. The van der Waals surface area contributed by atoms with Gasteiger partial charge in [-0.2, -0.15) is 5.26 Å². The Kier molecular flexibility index (Phi) is 3.45. The molecule has 2 aliphatic rings. The number of hydrogen-bond donors (Lipinski definition) is 0. The Balaban J connectivity index is 1.87. The van der Waals surface area contributed by atoms with Crippen molar-refractivity contribution in [3.05, 3.63) is 0 Å². The van der Waals surface area contributed by atoms with Gasteiger partial charge in [0.25, 0.3) is 0 Å². The van der Waals surface area contributed by atoms with Crippen LogP contribution in [0, 0.1) is 17.2 Å². The minimum Gasteiger partial charge on any atom is -0.337 e. The standard InChI is InChI=1S/C12H19N3O/c1-10(8-14-4-2-3-5-14)15-9-11(7-13)6-12(15)16/h10-11H,2-6,8-9H2,1H3. The average Bonchev–Trinajstić information content (AvgIpc) is 2.87. The van der Waals surface area contributed by atoms with Crippen LogP contribution in [0.2, 0.25) is 0 Å². The summed E-state index contributed by atoms with van der Waals surface area (Å²) in [6, 6.07) is 2.45. The van der Waals surface area contributed by atoms with E-state index in [4.69, 9.17) is 5.26 Å². The Morgan fingerprint density at radius 2 is 2.19 bits per heavy atom. The van der Waals surface area contributed by atoms with Crippen LogP contribution in [-0.4, -0.2) is 47.9 Å². The molecule has 2 unspecified atom stereocenters. The number of rotatable bonds is 3. The van der Waals surface area contributed by atoms with Crippen LogP contribution in [0.25, 0.3) is 0 Å². The molecule has 0 radical (unpaired) electrons. The molecule has 4 nitrogen and oxygen atoms in total. The lowest BCUT2D eigenvalue weighted by Crippen LogP contribution is -2.42. The maximum absolute atomic E-state index is 11.7. The fraction of sp³-hybridized carbons (Fsp3) is 0.833. The highest BCUT2D eigenvalue weighted by Gasteiger charge is 2.33. The molecular weight excluding hydrogens is 202 g/mol. The SMILES string of the molecule is CC(CN1CCCC1)N1CC(C#N)CC1=O. The molecule has 0 aromatic rings. The van der Waals surface area contributed by atoms with Gasteiger partial charge in [-0.15, -0.1) is 0 Å². The van der Waals surface area contributed by atoms with Gasteiger partial charge < -0.3 is 9.80 Å². The molecule has 0 bridgehead atoms. The minimum atomic E-state index is -0.0893. The molecule has 2 fully saturated rings. The predicted molar refractivity (Wildman–Crippen MR) is 60.6 cm³/mol. The zero-order valence-corrected chi connectivity index (χ0v) is 9.85. The summed E-state index contributed by atoms with van der Waals surface area (Å²) in [6.45, 7) is 6.01. The van der Waals surface area contributed by atoms with Crippen molar-refractivity contribution in [3.63, 3.8) is 0 Å². The van der Waals surface area contributed by atoms with Gasteiger partial charge in [0.05, 0.1) is 12.0 Å². The molecule has 2 heterocycles. The van der Waals surface area contributed by atoms with Gasteiger partial charge in [-0.05, 0) is 32.9 Å². The third-order valence-electron chi connectivity index (χ3n) is 3.59. The molecule has 2 rings (SSSR count). The zero-order chi connectivity index (χ0) is 11.5. The number of amides is 1. The summed E-state index contributed by atoms with van der Waals surface area (Å²) in [5, 5.41) is 8.83. The van der Waals surface area contributed by atoms with Crippen LogP contribution in [0.3, 0.4) is 0 Å². The topological polar surface area (TPSA) is 47.3 Å². The summed E-state index contributed by atoms with van der Waals surface area (Å²) in [5.41, 5.74) is 0. The predicted octanol–water partition coefficient (Wildman–Crippen LogP) is 0.843. The van der Waals surface area contributed by atoms with E-state index in [0.717, 1.165) is 19.6 Å². The highest BCUT2D eigenvalue weighted by atomic mass is 16.2. The van der Waals surface area contributed by atoms with Crippen LogP contribution >= 0.6 is 0 Å². The second kappa shape index (κ2) is 4.84. The molecule has 0 saturated carbocycles. The lowest BCUT2D eigenvalue weighted by Gasteiger charge is -2.28. The van der Waals surface area contributed by atoms with E-state index in [1.165, 1.54) is 12.8 Å². The molecule has 2 aliphatic heterocycles. The molecule has 2 saturated heterocycles. The quantitative estimate of drug-likeness (QED) is 0.709. The van der Waals surface area contributed by atoms with Crippen LogP contribution in [0.15, 0.2) is 0 Å². The first-order chi connectivity index (χ1) is 7.70. The van der Waals surface area contributed by atoms with Crippen LogP contribution in [0.5, 0.6) is 0 Å². The number of nitriles is 1. The monoisotopic (exact) mass is 221 g/mol. The lowest BCUT2D eigenvalue weighted by molar-refractivity contribution is -0.129. The maximum Gasteiger partial charge on any atom is 0.224 e. The first-order valence-electron chi connectivity index (χ1n) is 6.12. The largest absolute Gasteiger partial charge is 0.337 e. The number of likely N-dealkylation sites (tertiary alicyclic amines) is 2. The van der Waals surface area contributed by atoms with Gasteiger partial charge in [-0.25, -0.2) is 0 Å². The molecule has 16 heavy (non-hydrogen) atoms. The molecule has 0 aromatic heterocycles. The Labute approximate surface area is 96.8 Å². The van der Waals surface area contributed by atoms with Crippen LogP contribution in [0.4, 0.5) is 0 Å². The molecule has 0 N–H and O–H groups in total. The van der Waals surface area contributed by atoms with E-state index in [1.807, 2.05) is 4.90 Å². The maximum atomic E-state index is 11.7. The molecular formula is C12H19N3O. The van der Waals surface area contributed by atoms with E-state index in [2.05, 4.69) is 17.9 Å². The summed E-state index contributed by atoms with van der Waals surface area (Å²) < 4.78 is 0. The van der Waals surface area contributed by atoms with Gasteiger partial charge in [0.15, 0.2) is 0 Å². The van der Waals surface area contributed by atoms with Crippen LogP contribution < -0.4 is 0 Å². The minimum absolute atomic E-state index is 0.0893. The molecule has 88 valence electrons. The van der Waals surface area contributed by atoms with E-state index in [-0.39, 0.29) is 17.9 Å². The second-order valence-corrected chi connectivity index (χ2v) is 4.93. The Bertz CT molecular complexity index is 304. The van der Waals surface area contributed by atoms with E-state index >= 15 is 0 Å². The Hall–Kier alpha value is -1.08. The van der Waals surface area contributed by atoms with Crippen LogP contribution in [-0.2, 0) is 4.79 Å². The van der Waals surface area contributed by atoms with Crippen molar-refractivity contribution in [2.24, 2.45) is 5.92 Å². The third-order valence-corrected chi connectivity index (χ3v) is 3.59. The second-order valence-electron chi connectivity index (χ2n) is 4.93. The smallest absolute Gasteiger partial charge is 0.224 e. The van der Waals surface area contributed by atoms with Crippen molar-refractivity contribution in [2.75, 3.05) is 26.2 Å². The molecule has 0 aromatic carbocycles. The van der Waals surface area contributed by atoms with Gasteiger partial charge in [0, 0.05) is 25.6 Å². The molecule has 0 aliphatic carbocycles. The Morgan fingerprint density at radius 1 is 1.50 bits per heavy atom. The van der Waals surface area contributed by atoms with E-state index < -0.39 is 0 Å². The third kappa shape index (κ3) is 2.35. The van der Waals surface area contributed by atoms with E-state index in [0.29, 0.717) is 13.0 Å².